The van der Waals surface area contributed by atoms with Gasteiger partial charge in [0.25, 0.3) is 0 Å². The zero-order valence-electron chi connectivity index (χ0n) is 13.2. The molecule has 4 rings (SSSR count). The van der Waals surface area contributed by atoms with Crippen LogP contribution in [0.5, 0.6) is 0 Å². The van der Waals surface area contributed by atoms with E-state index >= 15 is 0 Å². The molecule has 1 N–H and O–H groups in total. The molecule has 0 radical (unpaired) electrons. The van der Waals surface area contributed by atoms with Gasteiger partial charge >= 0.3 is 0 Å². The normalized spacial score (nSPS) is 14.8. The fourth-order valence-corrected chi connectivity index (χ4v) is 4.04. The highest BCUT2D eigenvalue weighted by atomic mass is 32.1. The van der Waals surface area contributed by atoms with E-state index in [0.29, 0.717) is 0 Å². The van der Waals surface area contributed by atoms with Crippen molar-refractivity contribution in [3.05, 3.63) is 52.7 Å². The maximum absolute atomic E-state index is 4.40. The zero-order valence-corrected chi connectivity index (χ0v) is 14.1. The highest BCUT2D eigenvalue weighted by Crippen LogP contribution is 2.27. The Morgan fingerprint density at radius 3 is 3.00 bits per heavy atom. The van der Waals surface area contributed by atoms with Gasteiger partial charge in [-0.1, -0.05) is 24.3 Å². The molecule has 1 aliphatic rings. The lowest BCUT2D eigenvalue weighted by atomic mass is 10.00. The Hall–Kier alpha value is -1.98. The van der Waals surface area contributed by atoms with E-state index in [1.165, 1.54) is 16.0 Å². The third-order valence-electron chi connectivity index (χ3n) is 4.38. The topological polar surface area (TPSA) is 41.0 Å². The minimum Gasteiger partial charge on any atom is -0.368 e. The summed E-state index contributed by atoms with van der Waals surface area (Å²) in [6.45, 7) is 6.23. The first-order valence-corrected chi connectivity index (χ1v) is 8.85. The number of aromatic nitrogens is 2. The number of nitrogens with zero attached hydrogens (tertiary/aromatic N) is 3. The second kappa shape index (κ2) is 6.26. The van der Waals surface area contributed by atoms with Gasteiger partial charge in [0.05, 0.1) is 5.39 Å². The maximum atomic E-state index is 4.40. The highest BCUT2D eigenvalue weighted by Gasteiger charge is 2.15. The summed E-state index contributed by atoms with van der Waals surface area (Å²) in [7, 11) is 0. The summed E-state index contributed by atoms with van der Waals surface area (Å²) in [4.78, 5) is 13.6. The van der Waals surface area contributed by atoms with Gasteiger partial charge in [-0.2, -0.15) is 0 Å². The van der Waals surface area contributed by atoms with E-state index < -0.39 is 0 Å². The lowest BCUT2D eigenvalue weighted by molar-refractivity contribution is 0.264. The van der Waals surface area contributed by atoms with Crippen molar-refractivity contribution in [2.45, 2.75) is 19.9 Å². The summed E-state index contributed by atoms with van der Waals surface area (Å²) in [6.07, 6.45) is 2.80. The summed E-state index contributed by atoms with van der Waals surface area (Å²) in [6, 6.07) is 10.9. The number of hydrogen-bond acceptors (Lipinski definition) is 5. The van der Waals surface area contributed by atoms with Gasteiger partial charge in [-0.05, 0) is 30.5 Å². The second-order valence-corrected chi connectivity index (χ2v) is 7.25. The van der Waals surface area contributed by atoms with Crippen molar-refractivity contribution in [2.24, 2.45) is 0 Å². The van der Waals surface area contributed by atoms with Crippen molar-refractivity contribution in [3.8, 4) is 0 Å². The third kappa shape index (κ3) is 3.07. The molecule has 0 amide bonds. The van der Waals surface area contributed by atoms with E-state index in [1.807, 2.05) is 0 Å². The fraction of sp³-hybridized carbons (Fsp3) is 0.333. The molecular formula is C18H20N4S. The van der Waals surface area contributed by atoms with E-state index in [9.17, 15) is 0 Å². The molecule has 0 fully saturated rings. The van der Waals surface area contributed by atoms with Crippen LogP contribution in [0, 0.1) is 6.92 Å². The molecule has 0 atom stereocenters. The van der Waals surface area contributed by atoms with Crippen molar-refractivity contribution in [3.63, 3.8) is 0 Å². The van der Waals surface area contributed by atoms with Gasteiger partial charge in [0.1, 0.15) is 17.0 Å². The number of hydrogen-bond donors (Lipinski definition) is 1. The third-order valence-corrected chi connectivity index (χ3v) is 5.34. The Morgan fingerprint density at radius 1 is 1.22 bits per heavy atom. The molecule has 1 aliphatic heterocycles. The largest absolute Gasteiger partial charge is 0.368 e. The van der Waals surface area contributed by atoms with Crippen LogP contribution in [-0.2, 0) is 13.0 Å². The Labute approximate surface area is 140 Å². The quantitative estimate of drug-likeness (QED) is 0.798. The molecule has 118 valence electrons. The van der Waals surface area contributed by atoms with Crippen LogP contribution in [0.4, 0.5) is 5.82 Å². The van der Waals surface area contributed by atoms with Crippen LogP contribution >= 0.6 is 11.3 Å². The van der Waals surface area contributed by atoms with E-state index in [0.717, 1.165) is 48.6 Å². The monoisotopic (exact) mass is 324 g/mol. The summed E-state index contributed by atoms with van der Waals surface area (Å²) in [5.74, 6) is 0.955. The molecule has 0 spiro atoms. The zero-order chi connectivity index (χ0) is 15.6. The predicted molar refractivity (Wildman–Crippen MR) is 96.1 cm³/mol. The van der Waals surface area contributed by atoms with E-state index in [2.05, 4.69) is 57.4 Å². The van der Waals surface area contributed by atoms with Crippen molar-refractivity contribution < 1.29 is 0 Å². The number of rotatable bonds is 4. The van der Waals surface area contributed by atoms with Gasteiger partial charge in [-0.15, -0.1) is 11.3 Å². The van der Waals surface area contributed by atoms with Crippen molar-refractivity contribution in [2.75, 3.05) is 25.0 Å². The molecule has 3 heterocycles. The van der Waals surface area contributed by atoms with E-state index in [4.69, 9.17) is 0 Å². The molecule has 4 nitrogen and oxygen atoms in total. The Morgan fingerprint density at radius 2 is 2.09 bits per heavy atom. The summed E-state index contributed by atoms with van der Waals surface area (Å²) in [5.41, 5.74) is 2.97. The molecular weight excluding hydrogens is 304 g/mol. The summed E-state index contributed by atoms with van der Waals surface area (Å²) in [5, 5.41) is 4.62. The number of aryl methyl sites for hydroxylation is 1. The average Bonchev–Trinajstić information content (AvgIpc) is 2.96. The molecule has 1 aromatic carbocycles. The average molecular weight is 324 g/mol. The minimum absolute atomic E-state index is 0.906. The van der Waals surface area contributed by atoms with Crippen molar-refractivity contribution in [1.29, 1.82) is 0 Å². The molecule has 2 aromatic heterocycles. The fourth-order valence-electron chi connectivity index (χ4n) is 3.19. The first-order chi connectivity index (χ1) is 11.3. The molecule has 0 bridgehead atoms. The van der Waals surface area contributed by atoms with E-state index in [1.54, 1.807) is 17.7 Å². The first kappa shape index (κ1) is 14.6. The first-order valence-electron chi connectivity index (χ1n) is 8.04. The Bertz CT molecular complexity index is 827. The second-order valence-electron chi connectivity index (χ2n) is 6.02. The number of fused-ring (bicyclic) bond motifs is 2. The number of nitrogens with one attached hydrogen (secondary N) is 1. The Kier molecular flexibility index (Phi) is 3.97. The summed E-state index contributed by atoms with van der Waals surface area (Å²) >= 11 is 1.72. The molecule has 5 heteroatoms. The summed E-state index contributed by atoms with van der Waals surface area (Å²) < 4.78 is 0. The molecule has 3 aromatic rings. The standard InChI is InChI=1S/C18H20N4S/c1-13-10-16-17(20-12-21-18(16)23-13)19-7-9-22-8-6-14-4-2-3-5-15(14)11-22/h2-5,10,12H,6-9,11H2,1H3,(H,19,20,21). The van der Waals surface area contributed by atoms with Gasteiger partial charge in [-0.25, -0.2) is 9.97 Å². The molecule has 0 aliphatic carbocycles. The number of anilines is 1. The molecule has 0 saturated heterocycles. The smallest absolute Gasteiger partial charge is 0.138 e. The van der Waals surface area contributed by atoms with Gasteiger partial charge in [0.2, 0.25) is 0 Å². The van der Waals surface area contributed by atoms with Gasteiger partial charge in [0.15, 0.2) is 0 Å². The van der Waals surface area contributed by atoms with Gasteiger partial charge < -0.3 is 5.32 Å². The predicted octanol–water partition coefficient (Wildman–Crippen LogP) is 3.47. The lowest BCUT2D eigenvalue weighted by Gasteiger charge is -2.28. The van der Waals surface area contributed by atoms with Crippen LogP contribution in [-0.4, -0.2) is 34.5 Å². The van der Waals surface area contributed by atoms with Crippen molar-refractivity contribution in [1.82, 2.24) is 14.9 Å². The number of thiophene rings is 1. The van der Waals surface area contributed by atoms with Crippen LogP contribution in [0.2, 0.25) is 0 Å². The lowest BCUT2D eigenvalue weighted by Crippen LogP contribution is -2.34. The number of benzene rings is 1. The maximum Gasteiger partial charge on any atom is 0.138 e. The van der Waals surface area contributed by atoms with Crippen LogP contribution in [0.25, 0.3) is 10.2 Å². The highest BCUT2D eigenvalue weighted by molar-refractivity contribution is 7.18. The van der Waals surface area contributed by atoms with Gasteiger partial charge in [0, 0.05) is 31.1 Å². The van der Waals surface area contributed by atoms with Crippen LogP contribution in [0.15, 0.2) is 36.7 Å². The van der Waals surface area contributed by atoms with Crippen LogP contribution in [0.3, 0.4) is 0 Å². The molecule has 0 saturated carbocycles. The Balaban J connectivity index is 1.39. The van der Waals surface area contributed by atoms with Crippen LogP contribution < -0.4 is 5.32 Å². The molecule has 23 heavy (non-hydrogen) atoms. The van der Waals surface area contributed by atoms with Crippen LogP contribution in [0.1, 0.15) is 16.0 Å². The van der Waals surface area contributed by atoms with Gasteiger partial charge in [-0.3, -0.25) is 4.90 Å². The molecule has 0 unspecified atom stereocenters. The minimum atomic E-state index is 0.906. The SMILES string of the molecule is Cc1cc2c(NCCN3CCc4ccccc4C3)ncnc2s1. The van der Waals surface area contributed by atoms with E-state index in [-0.39, 0.29) is 0 Å². The van der Waals surface area contributed by atoms with Crippen molar-refractivity contribution >= 4 is 27.4 Å².